The molecule has 0 saturated heterocycles. The maximum absolute atomic E-state index is 11.9. The monoisotopic (exact) mass is 384 g/mol. The highest BCUT2D eigenvalue weighted by Gasteiger charge is 2.19. The van der Waals surface area contributed by atoms with Gasteiger partial charge in [0.05, 0.1) is 20.9 Å². The first-order chi connectivity index (χ1) is 12.2. The summed E-state index contributed by atoms with van der Waals surface area (Å²) in [6, 6.07) is 2.24. The second kappa shape index (κ2) is 10.4. The van der Waals surface area contributed by atoms with E-state index in [-0.39, 0.29) is 12.2 Å². The van der Waals surface area contributed by atoms with E-state index in [1.54, 1.807) is 6.92 Å². The number of benzene rings is 1. The minimum absolute atomic E-state index is 0.145. The first-order valence-electron chi connectivity index (χ1n) is 7.80. The number of rotatable bonds is 10. The molecule has 0 heterocycles. The Hall–Kier alpha value is -2.66. The average Bonchev–Trinajstić information content (AvgIpc) is 2.58. The summed E-state index contributed by atoms with van der Waals surface area (Å²) in [7, 11) is 0. The maximum atomic E-state index is 11.9. The minimum atomic E-state index is -0.836. The second-order valence-electron chi connectivity index (χ2n) is 5.56. The number of carbonyl (C=O) groups excluding carboxylic acids is 1. The Labute approximate surface area is 155 Å². The Balaban J connectivity index is 2.54. The van der Waals surface area contributed by atoms with Gasteiger partial charge in [0.2, 0.25) is 0 Å². The van der Waals surface area contributed by atoms with Crippen LogP contribution in [0.2, 0.25) is 0 Å². The van der Waals surface area contributed by atoms with Crippen LogP contribution in [0.5, 0.6) is 0 Å². The fourth-order valence-electron chi connectivity index (χ4n) is 2.08. The molecule has 0 amide bonds. The highest BCUT2D eigenvalue weighted by Crippen LogP contribution is 2.23. The molecule has 11 heteroatoms. The largest absolute Gasteiger partial charge is 0.460 e. The zero-order valence-electron chi connectivity index (χ0n) is 14.2. The molecule has 0 fully saturated rings. The number of nitrogens with zero attached hydrogens (tertiary/aromatic N) is 2. The standard InChI is InChI=1S/C15H20N4O6S/c1-10(26)17-5-3-2-4-14(16)15(20)25-9-11-6-12(18(21)22)8-13(7-11)19(23)24/h6-8,14H,2-5,9,16H2,1H3,(H,17,26)/t14-/m0/s1. The van der Waals surface area contributed by atoms with E-state index in [1.807, 2.05) is 0 Å². The molecule has 26 heavy (non-hydrogen) atoms. The molecule has 10 nitrogen and oxygen atoms in total. The van der Waals surface area contributed by atoms with Gasteiger partial charge in [-0.15, -0.1) is 0 Å². The minimum Gasteiger partial charge on any atom is -0.460 e. The van der Waals surface area contributed by atoms with Crippen LogP contribution in [-0.2, 0) is 16.1 Å². The zero-order valence-corrected chi connectivity index (χ0v) is 15.0. The van der Waals surface area contributed by atoms with Gasteiger partial charge in [-0.2, -0.15) is 0 Å². The third kappa shape index (κ3) is 7.49. The number of nitrogens with one attached hydrogen (secondary N) is 1. The van der Waals surface area contributed by atoms with Gasteiger partial charge in [0.15, 0.2) is 0 Å². The Bertz CT molecular complexity index is 664. The van der Waals surface area contributed by atoms with Crippen LogP contribution in [0.25, 0.3) is 0 Å². The van der Waals surface area contributed by atoms with E-state index in [9.17, 15) is 25.0 Å². The van der Waals surface area contributed by atoms with Crippen molar-refractivity contribution in [1.82, 2.24) is 5.32 Å². The van der Waals surface area contributed by atoms with Crippen molar-refractivity contribution in [1.29, 1.82) is 0 Å². The molecule has 0 aliphatic rings. The van der Waals surface area contributed by atoms with Crippen molar-refractivity contribution in [3.8, 4) is 0 Å². The molecule has 0 saturated carbocycles. The second-order valence-corrected chi connectivity index (χ2v) is 6.18. The molecule has 1 rings (SSSR count). The van der Waals surface area contributed by atoms with Crippen molar-refractivity contribution in [2.75, 3.05) is 6.54 Å². The highest BCUT2D eigenvalue weighted by atomic mass is 32.1. The Morgan fingerprint density at radius 3 is 2.31 bits per heavy atom. The first kappa shape index (κ1) is 21.4. The van der Waals surface area contributed by atoms with Crippen LogP contribution >= 0.6 is 12.2 Å². The number of nitro benzene ring substituents is 2. The fourth-order valence-corrected chi connectivity index (χ4v) is 2.19. The Morgan fingerprint density at radius 2 is 1.81 bits per heavy atom. The lowest BCUT2D eigenvalue weighted by molar-refractivity contribution is -0.394. The van der Waals surface area contributed by atoms with Gasteiger partial charge in [0.1, 0.15) is 12.6 Å². The molecule has 0 aromatic heterocycles. The Morgan fingerprint density at radius 1 is 1.23 bits per heavy atom. The first-order valence-corrected chi connectivity index (χ1v) is 8.21. The molecule has 0 aliphatic heterocycles. The third-order valence-corrected chi connectivity index (χ3v) is 3.53. The number of thiocarbonyl (C=S) groups is 1. The van der Waals surface area contributed by atoms with Gasteiger partial charge in [-0.05, 0) is 26.2 Å². The van der Waals surface area contributed by atoms with Gasteiger partial charge < -0.3 is 15.8 Å². The number of hydrogen-bond acceptors (Lipinski definition) is 8. The molecule has 1 aromatic rings. The van der Waals surface area contributed by atoms with Gasteiger partial charge in [-0.25, -0.2) is 0 Å². The van der Waals surface area contributed by atoms with Crippen molar-refractivity contribution in [2.45, 2.75) is 38.8 Å². The molecular formula is C15H20N4O6S. The average molecular weight is 384 g/mol. The van der Waals surface area contributed by atoms with Gasteiger partial charge >= 0.3 is 5.97 Å². The highest BCUT2D eigenvalue weighted by molar-refractivity contribution is 7.80. The van der Waals surface area contributed by atoms with Crippen LogP contribution in [0.1, 0.15) is 31.7 Å². The molecule has 0 aliphatic carbocycles. The summed E-state index contributed by atoms with van der Waals surface area (Å²) >= 11 is 4.88. The Kier molecular flexibility index (Phi) is 8.52. The molecule has 1 aromatic carbocycles. The van der Waals surface area contributed by atoms with E-state index in [2.05, 4.69) is 5.32 Å². The summed E-state index contributed by atoms with van der Waals surface area (Å²) in [6.07, 6.45) is 1.88. The number of nitro groups is 2. The van der Waals surface area contributed by atoms with Crippen LogP contribution in [-0.4, -0.2) is 33.4 Å². The van der Waals surface area contributed by atoms with Crippen LogP contribution in [0.4, 0.5) is 11.4 Å². The molecule has 0 radical (unpaired) electrons. The van der Waals surface area contributed by atoms with Crippen molar-refractivity contribution in [3.63, 3.8) is 0 Å². The quantitative estimate of drug-likeness (QED) is 0.203. The summed E-state index contributed by atoms with van der Waals surface area (Å²) in [5, 5.41) is 24.6. The molecule has 1 atom stereocenters. The summed E-state index contributed by atoms with van der Waals surface area (Å²) < 4.78 is 5.01. The SMILES string of the molecule is CC(=S)NCCCC[C@H](N)C(=O)OCc1cc([N+](=O)[O-])cc([N+](=O)[O-])c1. The molecule has 0 spiro atoms. The van der Waals surface area contributed by atoms with Gasteiger partial charge in [-0.1, -0.05) is 12.2 Å². The van der Waals surface area contributed by atoms with E-state index in [0.29, 0.717) is 24.4 Å². The zero-order chi connectivity index (χ0) is 19.7. The van der Waals surface area contributed by atoms with E-state index in [0.717, 1.165) is 24.6 Å². The normalized spacial score (nSPS) is 11.5. The predicted octanol–water partition coefficient (Wildman–Crippen LogP) is 1.98. The lowest BCUT2D eigenvalue weighted by Gasteiger charge is -2.12. The van der Waals surface area contributed by atoms with Crippen molar-refractivity contribution in [3.05, 3.63) is 44.0 Å². The number of carbonyl (C=O) groups is 1. The van der Waals surface area contributed by atoms with Crippen LogP contribution in [0.3, 0.4) is 0 Å². The lowest BCUT2D eigenvalue weighted by atomic mass is 10.1. The molecular weight excluding hydrogens is 364 g/mol. The molecule has 0 unspecified atom stereocenters. The van der Waals surface area contributed by atoms with Gasteiger partial charge in [0, 0.05) is 24.2 Å². The number of nitrogens with two attached hydrogens (primary N) is 1. The summed E-state index contributed by atoms with van der Waals surface area (Å²) in [4.78, 5) is 32.7. The molecule has 142 valence electrons. The maximum Gasteiger partial charge on any atom is 0.323 e. The lowest BCUT2D eigenvalue weighted by Crippen LogP contribution is -2.32. The summed E-state index contributed by atoms with van der Waals surface area (Å²) in [5.41, 5.74) is 4.99. The summed E-state index contributed by atoms with van der Waals surface area (Å²) in [5.74, 6) is -0.668. The van der Waals surface area contributed by atoms with E-state index < -0.39 is 33.2 Å². The van der Waals surface area contributed by atoms with Crippen LogP contribution in [0, 0.1) is 20.2 Å². The van der Waals surface area contributed by atoms with Gasteiger partial charge in [-0.3, -0.25) is 25.0 Å². The van der Waals surface area contributed by atoms with Crippen molar-refractivity contribution in [2.24, 2.45) is 5.73 Å². The van der Waals surface area contributed by atoms with E-state index >= 15 is 0 Å². The smallest absolute Gasteiger partial charge is 0.323 e. The molecule has 0 bridgehead atoms. The van der Waals surface area contributed by atoms with E-state index in [1.165, 1.54) is 0 Å². The van der Waals surface area contributed by atoms with Crippen molar-refractivity contribution >= 4 is 34.6 Å². The number of ether oxygens (including phenoxy) is 1. The third-order valence-electron chi connectivity index (χ3n) is 3.38. The van der Waals surface area contributed by atoms with Crippen LogP contribution in [0.15, 0.2) is 18.2 Å². The van der Waals surface area contributed by atoms with E-state index in [4.69, 9.17) is 22.7 Å². The van der Waals surface area contributed by atoms with Crippen LogP contribution < -0.4 is 11.1 Å². The number of hydrogen-bond donors (Lipinski definition) is 2. The van der Waals surface area contributed by atoms with Gasteiger partial charge in [0.25, 0.3) is 11.4 Å². The number of non-ortho nitro benzene ring substituents is 2. The predicted molar refractivity (Wildman–Crippen MR) is 97.6 cm³/mol. The number of unbranched alkanes of at least 4 members (excludes halogenated alkanes) is 1. The fraction of sp³-hybridized carbons (Fsp3) is 0.467. The topological polar surface area (TPSA) is 151 Å². The number of esters is 1. The molecule has 3 N–H and O–H groups in total. The summed E-state index contributed by atoms with van der Waals surface area (Å²) in [6.45, 7) is 2.13. The van der Waals surface area contributed by atoms with Crippen molar-refractivity contribution < 1.29 is 19.4 Å².